The molecule has 1 amide bonds. The lowest BCUT2D eigenvalue weighted by molar-refractivity contribution is 0.240. The summed E-state index contributed by atoms with van der Waals surface area (Å²) in [6.45, 7) is 2.42. The monoisotopic (exact) mass is 154 g/mol. The third-order valence-corrected chi connectivity index (χ3v) is 1.14. The van der Waals surface area contributed by atoms with Crippen molar-refractivity contribution in [3.63, 3.8) is 0 Å². The van der Waals surface area contributed by atoms with Gasteiger partial charge in [-0.3, -0.25) is 0 Å². The number of aromatic nitrogens is 2. The molecule has 0 spiro atoms. The van der Waals surface area contributed by atoms with E-state index < -0.39 is 0 Å². The van der Waals surface area contributed by atoms with Gasteiger partial charge in [-0.25, -0.2) is 4.79 Å². The van der Waals surface area contributed by atoms with Crippen LogP contribution in [-0.2, 0) is 0 Å². The van der Waals surface area contributed by atoms with E-state index in [1.807, 2.05) is 6.92 Å². The van der Waals surface area contributed by atoms with Crippen LogP contribution in [0.5, 0.6) is 0 Å². The first-order valence-corrected chi connectivity index (χ1v) is 3.32. The smallest absolute Gasteiger partial charge is 0.342 e. The van der Waals surface area contributed by atoms with Crippen molar-refractivity contribution < 1.29 is 4.79 Å². The zero-order valence-corrected chi connectivity index (χ0v) is 6.24. The molecule has 1 aromatic heterocycles. The van der Waals surface area contributed by atoms with E-state index in [2.05, 4.69) is 10.4 Å². The molecular formula is C6H10N4O. The van der Waals surface area contributed by atoms with Crippen LogP contribution >= 0.6 is 0 Å². The Kier molecular flexibility index (Phi) is 2.10. The molecule has 1 rings (SSSR count). The molecule has 0 unspecified atom stereocenters. The fraction of sp³-hybridized carbons (Fsp3) is 0.333. The first kappa shape index (κ1) is 7.59. The van der Waals surface area contributed by atoms with Gasteiger partial charge < -0.3 is 11.1 Å². The zero-order valence-electron chi connectivity index (χ0n) is 6.24. The molecule has 11 heavy (non-hydrogen) atoms. The lowest BCUT2D eigenvalue weighted by Gasteiger charge is -1.98. The number of nitrogens with two attached hydrogens (primary N) is 1. The predicted molar refractivity (Wildman–Crippen MR) is 41.1 cm³/mol. The topological polar surface area (TPSA) is 72.9 Å². The first-order valence-electron chi connectivity index (χ1n) is 3.32. The average molecular weight is 154 g/mol. The highest BCUT2D eigenvalue weighted by molar-refractivity contribution is 5.76. The van der Waals surface area contributed by atoms with E-state index in [0.29, 0.717) is 12.2 Å². The van der Waals surface area contributed by atoms with Crippen molar-refractivity contribution >= 4 is 11.7 Å². The van der Waals surface area contributed by atoms with Crippen LogP contribution in [0.25, 0.3) is 0 Å². The molecule has 5 nitrogen and oxygen atoms in total. The van der Waals surface area contributed by atoms with Crippen molar-refractivity contribution in [3.05, 3.63) is 12.4 Å². The quantitative estimate of drug-likeness (QED) is 0.600. The Morgan fingerprint density at radius 3 is 3.09 bits per heavy atom. The standard InChI is InChI=1S/C6H10N4O/c1-2-8-6(11)10-4-5(7)3-9-10/h3-4H,2,7H2,1H3,(H,8,11). The van der Waals surface area contributed by atoms with Crippen molar-refractivity contribution in [2.75, 3.05) is 12.3 Å². The summed E-state index contributed by atoms with van der Waals surface area (Å²) in [4.78, 5) is 11.0. The van der Waals surface area contributed by atoms with E-state index in [1.165, 1.54) is 17.1 Å². The van der Waals surface area contributed by atoms with Gasteiger partial charge in [0.2, 0.25) is 0 Å². The van der Waals surface area contributed by atoms with Crippen molar-refractivity contribution in [1.82, 2.24) is 15.1 Å². The summed E-state index contributed by atoms with van der Waals surface area (Å²) in [6, 6.07) is -0.260. The second-order valence-electron chi connectivity index (χ2n) is 2.05. The molecule has 0 aliphatic heterocycles. The lowest BCUT2D eigenvalue weighted by Crippen LogP contribution is -2.28. The molecule has 0 bridgehead atoms. The van der Waals surface area contributed by atoms with E-state index in [-0.39, 0.29) is 6.03 Å². The van der Waals surface area contributed by atoms with Gasteiger partial charge in [0, 0.05) is 6.54 Å². The van der Waals surface area contributed by atoms with Gasteiger partial charge in [-0.05, 0) is 6.92 Å². The van der Waals surface area contributed by atoms with Crippen molar-refractivity contribution in [1.29, 1.82) is 0 Å². The third kappa shape index (κ3) is 1.70. The highest BCUT2D eigenvalue weighted by Gasteiger charge is 2.02. The minimum absolute atomic E-state index is 0.260. The SMILES string of the molecule is CCNC(=O)n1cc(N)cn1. The number of rotatable bonds is 1. The summed E-state index contributed by atoms with van der Waals surface area (Å²) >= 11 is 0. The Balaban J connectivity index is 2.69. The molecule has 0 radical (unpaired) electrons. The van der Waals surface area contributed by atoms with E-state index in [0.717, 1.165) is 0 Å². The highest BCUT2D eigenvalue weighted by Crippen LogP contribution is 1.96. The average Bonchev–Trinajstić information content (AvgIpc) is 2.36. The number of anilines is 1. The maximum atomic E-state index is 11.0. The van der Waals surface area contributed by atoms with Crippen LogP contribution in [0.4, 0.5) is 10.5 Å². The first-order chi connectivity index (χ1) is 5.24. The van der Waals surface area contributed by atoms with Crippen LogP contribution in [0.1, 0.15) is 6.92 Å². The van der Waals surface area contributed by atoms with E-state index in [4.69, 9.17) is 5.73 Å². The largest absolute Gasteiger partial charge is 0.396 e. The molecule has 0 fully saturated rings. The summed E-state index contributed by atoms with van der Waals surface area (Å²) in [5, 5.41) is 6.30. The van der Waals surface area contributed by atoms with E-state index in [9.17, 15) is 4.79 Å². The maximum Gasteiger partial charge on any atom is 0.342 e. The Bertz CT molecular complexity index is 255. The molecule has 1 heterocycles. The molecule has 0 aromatic carbocycles. The molecule has 1 aromatic rings. The number of nitrogen functional groups attached to an aromatic ring is 1. The van der Waals surface area contributed by atoms with E-state index >= 15 is 0 Å². The van der Waals surface area contributed by atoms with Gasteiger partial charge in [0.15, 0.2) is 0 Å². The van der Waals surface area contributed by atoms with Crippen molar-refractivity contribution in [3.8, 4) is 0 Å². The summed E-state index contributed by atoms with van der Waals surface area (Å²) in [7, 11) is 0. The fourth-order valence-corrected chi connectivity index (χ4v) is 0.680. The van der Waals surface area contributed by atoms with Gasteiger partial charge in [0.1, 0.15) is 0 Å². The molecule has 3 N–H and O–H groups in total. The number of hydrogen-bond acceptors (Lipinski definition) is 3. The molecule has 0 atom stereocenters. The second kappa shape index (κ2) is 3.05. The van der Waals surface area contributed by atoms with Gasteiger partial charge in [0.25, 0.3) is 0 Å². The predicted octanol–water partition coefficient (Wildman–Crippen LogP) is 0.0429. The second-order valence-corrected chi connectivity index (χ2v) is 2.05. The Morgan fingerprint density at radius 2 is 2.64 bits per heavy atom. The van der Waals surface area contributed by atoms with Gasteiger partial charge in [-0.15, -0.1) is 0 Å². The normalized spacial score (nSPS) is 9.55. The number of nitrogens with zero attached hydrogens (tertiary/aromatic N) is 2. The molecule has 0 aliphatic carbocycles. The summed E-state index contributed by atoms with van der Waals surface area (Å²) < 4.78 is 1.17. The molecule has 5 heteroatoms. The number of amides is 1. The third-order valence-electron chi connectivity index (χ3n) is 1.14. The van der Waals surface area contributed by atoms with Crippen LogP contribution in [0, 0.1) is 0 Å². The highest BCUT2D eigenvalue weighted by atomic mass is 16.2. The molecule has 0 saturated carbocycles. The molecule has 0 saturated heterocycles. The zero-order chi connectivity index (χ0) is 8.27. The molecule has 0 aliphatic rings. The molecule has 60 valence electrons. The van der Waals surface area contributed by atoms with Gasteiger partial charge >= 0.3 is 6.03 Å². The number of carbonyl (C=O) groups excluding carboxylic acids is 1. The van der Waals surface area contributed by atoms with Crippen LogP contribution < -0.4 is 11.1 Å². The van der Waals surface area contributed by atoms with Crippen LogP contribution in [0.15, 0.2) is 12.4 Å². The number of carbonyl (C=O) groups is 1. The Labute approximate surface area is 64.2 Å². The fourth-order valence-electron chi connectivity index (χ4n) is 0.680. The Hall–Kier alpha value is -1.52. The van der Waals surface area contributed by atoms with E-state index in [1.54, 1.807) is 0 Å². The minimum atomic E-state index is -0.260. The van der Waals surface area contributed by atoms with Crippen LogP contribution in [-0.4, -0.2) is 22.4 Å². The van der Waals surface area contributed by atoms with Gasteiger partial charge in [-0.2, -0.15) is 9.78 Å². The summed E-state index contributed by atoms with van der Waals surface area (Å²) in [5.41, 5.74) is 5.83. The minimum Gasteiger partial charge on any atom is -0.396 e. The number of hydrogen-bond donors (Lipinski definition) is 2. The van der Waals surface area contributed by atoms with Crippen LogP contribution in [0.3, 0.4) is 0 Å². The Morgan fingerprint density at radius 1 is 1.91 bits per heavy atom. The maximum absolute atomic E-state index is 11.0. The lowest BCUT2D eigenvalue weighted by atomic mass is 10.6. The summed E-state index contributed by atoms with van der Waals surface area (Å²) in [6.07, 6.45) is 2.89. The van der Waals surface area contributed by atoms with Crippen LogP contribution in [0.2, 0.25) is 0 Å². The van der Waals surface area contributed by atoms with Crippen molar-refractivity contribution in [2.45, 2.75) is 6.92 Å². The van der Waals surface area contributed by atoms with Crippen molar-refractivity contribution in [2.24, 2.45) is 0 Å². The van der Waals surface area contributed by atoms with Gasteiger partial charge in [-0.1, -0.05) is 0 Å². The van der Waals surface area contributed by atoms with Gasteiger partial charge in [0.05, 0.1) is 18.1 Å². The number of nitrogens with one attached hydrogen (secondary N) is 1. The summed E-state index contributed by atoms with van der Waals surface area (Å²) in [5.74, 6) is 0. The molecular weight excluding hydrogens is 144 g/mol.